The van der Waals surface area contributed by atoms with Crippen LogP contribution in [0.3, 0.4) is 0 Å². The van der Waals surface area contributed by atoms with Gasteiger partial charge in [-0.2, -0.15) is 13.2 Å². The van der Waals surface area contributed by atoms with Gasteiger partial charge in [0.2, 0.25) is 0 Å². The number of carboxylic acid groups (broad SMARTS) is 1. The van der Waals surface area contributed by atoms with Crippen LogP contribution in [0.4, 0.5) is 23.2 Å². The Hall–Kier alpha value is -1.79. The van der Waals surface area contributed by atoms with Crippen LogP contribution in [0.2, 0.25) is 0 Å². The lowest BCUT2D eigenvalue weighted by Gasteiger charge is -2.12. The lowest BCUT2D eigenvalue weighted by atomic mass is 10.1. The number of alkyl halides is 3. The molecule has 0 saturated carbocycles. The molecule has 1 aromatic rings. The van der Waals surface area contributed by atoms with Crippen LogP contribution >= 0.6 is 0 Å². The van der Waals surface area contributed by atoms with Crippen LogP contribution in [0.25, 0.3) is 0 Å². The van der Waals surface area contributed by atoms with E-state index in [1.54, 1.807) is 0 Å². The first-order valence-electron chi connectivity index (χ1n) is 5.55. The molecule has 0 radical (unpaired) electrons. The van der Waals surface area contributed by atoms with E-state index in [9.17, 15) is 22.4 Å². The summed E-state index contributed by atoms with van der Waals surface area (Å²) in [7, 11) is 0. The van der Waals surface area contributed by atoms with Crippen molar-refractivity contribution in [3.63, 3.8) is 0 Å². The quantitative estimate of drug-likeness (QED) is 0.812. The third kappa shape index (κ3) is 4.42. The van der Waals surface area contributed by atoms with Crippen molar-refractivity contribution in [3.05, 3.63) is 29.6 Å². The molecule has 0 bridgehead atoms. The minimum absolute atomic E-state index is 0.0782. The Balaban J connectivity index is 2.63. The molecule has 1 rings (SSSR count). The van der Waals surface area contributed by atoms with Crippen LogP contribution in [0.1, 0.15) is 18.9 Å². The van der Waals surface area contributed by atoms with Crippen molar-refractivity contribution in [2.24, 2.45) is 5.92 Å². The van der Waals surface area contributed by atoms with Gasteiger partial charge in [-0.05, 0) is 24.6 Å². The molecule has 1 atom stereocenters. The fourth-order valence-corrected chi connectivity index (χ4v) is 1.38. The topological polar surface area (TPSA) is 49.3 Å². The molecule has 106 valence electrons. The number of halogens is 4. The molecule has 0 amide bonds. The summed E-state index contributed by atoms with van der Waals surface area (Å²) < 4.78 is 50.3. The van der Waals surface area contributed by atoms with Crippen LogP contribution in [0.15, 0.2) is 18.2 Å². The summed E-state index contributed by atoms with van der Waals surface area (Å²) in [5, 5.41) is 11.2. The van der Waals surface area contributed by atoms with Crippen molar-refractivity contribution in [3.8, 4) is 0 Å². The molecular weight excluding hydrogens is 266 g/mol. The van der Waals surface area contributed by atoms with Gasteiger partial charge in [-0.15, -0.1) is 0 Å². The third-order valence-electron chi connectivity index (χ3n) is 2.61. The maximum atomic E-state index is 13.4. The summed E-state index contributed by atoms with van der Waals surface area (Å²) in [6.45, 7) is 1.66. The zero-order chi connectivity index (χ0) is 14.6. The molecule has 0 spiro atoms. The van der Waals surface area contributed by atoms with Gasteiger partial charge >= 0.3 is 12.1 Å². The van der Waals surface area contributed by atoms with Gasteiger partial charge in [0, 0.05) is 6.54 Å². The van der Waals surface area contributed by atoms with Gasteiger partial charge in [0.25, 0.3) is 0 Å². The average molecular weight is 279 g/mol. The molecule has 3 nitrogen and oxygen atoms in total. The van der Waals surface area contributed by atoms with Gasteiger partial charge in [-0.1, -0.05) is 6.92 Å². The minimum Gasteiger partial charge on any atom is -0.481 e. The number of hydrogen-bond acceptors (Lipinski definition) is 2. The lowest BCUT2D eigenvalue weighted by molar-refractivity contribution is -0.141. The third-order valence-corrected chi connectivity index (χ3v) is 2.61. The number of nitrogens with one attached hydrogen (secondary N) is 1. The van der Waals surface area contributed by atoms with Gasteiger partial charge in [0.15, 0.2) is 0 Å². The molecule has 1 aromatic carbocycles. The standard InChI is InChI=1S/C12H13F4NO2/c1-7(11(18)19)4-5-17-10-3-2-8(6-9(10)13)12(14,15)16/h2-3,6-7,17H,4-5H2,1H3,(H,18,19). The Morgan fingerprint density at radius 3 is 2.53 bits per heavy atom. The van der Waals surface area contributed by atoms with Crippen LogP contribution < -0.4 is 5.32 Å². The van der Waals surface area contributed by atoms with E-state index in [-0.39, 0.29) is 18.7 Å². The molecule has 0 aliphatic heterocycles. The summed E-state index contributed by atoms with van der Waals surface area (Å²) in [6, 6.07) is 2.17. The van der Waals surface area contributed by atoms with Gasteiger partial charge < -0.3 is 10.4 Å². The molecule has 2 N–H and O–H groups in total. The Bertz CT molecular complexity index is 460. The number of carbonyl (C=O) groups is 1. The van der Waals surface area contributed by atoms with E-state index < -0.39 is 29.4 Å². The van der Waals surface area contributed by atoms with Crippen molar-refractivity contribution in [2.45, 2.75) is 19.5 Å². The highest BCUT2D eigenvalue weighted by molar-refractivity contribution is 5.69. The van der Waals surface area contributed by atoms with Crippen LogP contribution in [-0.4, -0.2) is 17.6 Å². The lowest BCUT2D eigenvalue weighted by Crippen LogP contribution is -2.15. The second kappa shape index (κ2) is 5.90. The number of carboxylic acids is 1. The highest BCUT2D eigenvalue weighted by Gasteiger charge is 2.31. The van der Waals surface area contributed by atoms with E-state index in [0.717, 1.165) is 12.1 Å². The van der Waals surface area contributed by atoms with Crippen molar-refractivity contribution in [1.82, 2.24) is 0 Å². The summed E-state index contributed by atoms with van der Waals surface area (Å²) >= 11 is 0. The largest absolute Gasteiger partial charge is 0.481 e. The van der Waals surface area contributed by atoms with Crippen LogP contribution in [0, 0.1) is 11.7 Å². The second-order valence-electron chi connectivity index (χ2n) is 4.15. The molecule has 0 aliphatic carbocycles. The van der Waals surface area contributed by atoms with E-state index >= 15 is 0 Å². The monoisotopic (exact) mass is 279 g/mol. The number of aliphatic carboxylic acids is 1. The van der Waals surface area contributed by atoms with E-state index in [4.69, 9.17) is 5.11 Å². The SMILES string of the molecule is CC(CCNc1ccc(C(F)(F)F)cc1F)C(=O)O. The Morgan fingerprint density at radius 2 is 2.05 bits per heavy atom. The van der Waals surface area contributed by atoms with Gasteiger partial charge in [0.1, 0.15) is 5.82 Å². The van der Waals surface area contributed by atoms with Crippen molar-refractivity contribution in [2.75, 3.05) is 11.9 Å². The zero-order valence-electron chi connectivity index (χ0n) is 10.1. The number of benzene rings is 1. The van der Waals surface area contributed by atoms with Gasteiger partial charge in [-0.25, -0.2) is 4.39 Å². The predicted molar refractivity (Wildman–Crippen MR) is 61.3 cm³/mol. The highest BCUT2D eigenvalue weighted by atomic mass is 19.4. The first-order valence-corrected chi connectivity index (χ1v) is 5.55. The first kappa shape index (κ1) is 15.3. The highest BCUT2D eigenvalue weighted by Crippen LogP contribution is 2.31. The van der Waals surface area contributed by atoms with E-state index in [0.29, 0.717) is 6.07 Å². The number of rotatable bonds is 5. The molecule has 1 unspecified atom stereocenters. The molecule has 0 fully saturated rings. The van der Waals surface area contributed by atoms with Crippen LogP contribution in [0.5, 0.6) is 0 Å². The molecular formula is C12H13F4NO2. The van der Waals surface area contributed by atoms with Crippen molar-refractivity contribution < 1.29 is 27.5 Å². The Labute approximate surface area is 107 Å². The van der Waals surface area contributed by atoms with Gasteiger partial charge in [-0.3, -0.25) is 4.79 Å². The second-order valence-corrected chi connectivity index (χ2v) is 4.15. The Kier molecular flexibility index (Phi) is 4.74. The van der Waals surface area contributed by atoms with E-state index in [2.05, 4.69) is 5.32 Å². The van der Waals surface area contributed by atoms with Crippen molar-refractivity contribution in [1.29, 1.82) is 0 Å². The smallest absolute Gasteiger partial charge is 0.416 e. The zero-order valence-corrected chi connectivity index (χ0v) is 10.1. The maximum absolute atomic E-state index is 13.4. The molecule has 7 heteroatoms. The molecule has 0 heterocycles. The average Bonchev–Trinajstić information content (AvgIpc) is 2.29. The van der Waals surface area contributed by atoms with E-state index in [1.807, 2.05) is 0 Å². The van der Waals surface area contributed by atoms with Gasteiger partial charge in [0.05, 0.1) is 17.2 Å². The Morgan fingerprint density at radius 1 is 1.42 bits per heavy atom. The van der Waals surface area contributed by atoms with Crippen molar-refractivity contribution >= 4 is 11.7 Å². The molecule has 0 aliphatic rings. The summed E-state index contributed by atoms with van der Waals surface area (Å²) in [5.41, 5.74) is -1.14. The fraction of sp³-hybridized carbons (Fsp3) is 0.417. The molecule has 0 aromatic heterocycles. The molecule has 19 heavy (non-hydrogen) atoms. The fourth-order valence-electron chi connectivity index (χ4n) is 1.38. The minimum atomic E-state index is -4.59. The molecule has 0 saturated heterocycles. The first-order chi connectivity index (χ1) is 8.71. The normalized spacial score (nSPS) is 13.1. The maximum Gasteiger partial charge on any atom is 0.416 e. The predicted octanol–water partition coefficient (Wildman–Crippen LogP) is 3.37. The van der Waals surface area contributed by atoms with E-state index in [1.165, 1.54) is 6.92 Å². The van der Waals surface area contributed by atoms with Crippen LogP contribution in [-0.2, 0) is 11.0 Å². The number of anilines is 1. The number of hydrogen-bond donors (Lipinski definition) is 2. The summed E-state index contributed by atoms with van der Waals surface area (Å²) in [5.74, 6) is -2.60. The summed E-state index contributed by atoms with van der Waals surface area (Å²) in [6.07, 6.45) is -4.34. The summed E-state index contributed by atoms with van der Waals surface area (Å²) in [4.78, 5) is 10.5.